The van der Waals surface area contributed by atoms with Crippen LogP contribution in [0, 0.1) is 6.92 Å². The molecule has 9 heteroatoms. The molecule has 37 heavy (non-hydrogen) atoms. The molecule has 0 saturated carbocycles. The highest BCUT2D eigenvalue weighted by atomic mass is 16.5. The summed E-state index contributed by atoms with van der Waals surface area (Å²) >= 11 is 0. The minimum Gasteiger partial charge on any atom is -0.457 e. The molecule has 0 bridgehead atoms. The van der Waals surface area contributed by atoms with Gasteiger partial charge in [-0.05, 0) is 61.0 Å². The SMILES string of the molecule is Cc1cccc(-c2[nH]c(CNCc3cccc(Oc4ccncc4)c3)nc2-c2ccc3ncnn3c2)n1. The fourth-order valence-corrected chi connectivity index (χ4v) is 4.13. The molecule has 0 unspecified atom stereocenters. The Balaban J connectivity index is 1.22. The highest BCUT2D eigenvalue weighted by molar-refractivity contribution is 5.77. The Morgan fingerprint density at radius 1 is 0.919 bits per heavy atom. The van der Waals surface area contributed by atoms with Gasteiger partial charge >= 0.3 is 0 Å². The zero-order chi connectivity index (χ0) is 25.0. The maximum absolute atomic E-state index is 5.93. The summed E-state index contributed by atoms with van der Waals surface area (Å²) in [6.07, 6.45) is 6.90. The second-order valence-electron chi connectivity index (χ2n) is 8.59. The summed E-state index contributed by atoms with van der Waals surface area (Å²) in [6, 6.07) is 21.6. The highest BCUT2D eigenvalue weighted by Crippen LogP contribution is 2.29. The van der Waals surface area contributed by atoms with Gasteiger partial charge in [0, 0.05) is 36.4 Å². The van der Waals surface area contributed by atoms with E-state index in [2.05, 4.69) is 31.4 Å². The molecule has 0 fully saturated rings. The van der Waals surface area contributed by atoms with Crippen molar-refractivity contribution in [3.05, 3.63) is 109 Å². The van der Waals surface area contributed by atoms with Crippen LogP contribution in [0.25, 0.3) is 28.3 Å². The number of rotatable bonds is 8. The molecule has 9 nitrogen and oxygen atoms in total. The van der Waals surface area contributed by atoms with Gasteiger partial charge in [-0.15, -0.1) is 0 Å². The Hall–Kier alpha value is -4.89. The van der Waals surface area contributed by atoms with E-state index < -0.39 is 0 Å². The second kappa shape index (κ2) is 10.00. The zero-order valence-electron chi connectivity index (χ0n) is 20.2. The lowest BCUT2D eigenvalue weighted by Crippen LogP contribution is -2.13. The Labute approximate surface area is 213 Å². The minimum atomic E-state index is 0.555. The fourth-order valence-electron chi connectivity index (χ4n) is 4.13. The van der Waals surface area contributed by atoms with Gasteiger partial charge in [0.25, 0.3) is 0 Å². The molecule has 6 rings (SSSR count). The van der Waals surface area contributed by atoms with Crippen molar-refractivity contribution in [1.29, 1.82) is 0 Å². The van der Waals surface area contributed by atoms with Crippen LogP contribution in [0.3, 0.4) is 0 Å². The Kier molecular flexibility index (Phi) is 6.10. The summed E-state index contributed by atoms with van der Waals surface area (Å²) in [6.45, 7) is 3.20. The van der Waals surface area contributed by atoms with Crippen LogP contribution >= 0.6 is 0 Å². The molecule has 2 N–H and O–H groups in total. The van der Waals surface area contributed by atoms with Crippen LogP contribution in [0.15, 0.2) is 91.6 Å². The van der Waals surface area contributed by atoms with Crippen LogP contribution in [-0.2, 0) is 13.1 Å². The molecule has 182 valence electrons. The summed E-state index contributed by atoms with van der Waals surface area (Å²) < 4.78 is 7.68. The van der Waals surface area contributed by atoms with Gasteiger partial charge in [0.15, 0.2) is 5.65 Å². The van der Waals surface area contributed by atoms with E-state index in [0.29, 0.717) is 13.1 Å². The summed E-state index contributed by atoms with van der Waals surface area (Å²) in [5, 5.41) is 7.75. The molecular weight excluding hydrogens is 464 g/mol. The van der Waals surface area contributed by atoms with E-state index in [1.807, 2.05) is 73.8 Å². The molecule has 0 radical (unpaired) electrons. The van der Waals surface area contributed by atoms with E-state index in [0.717, 1.165) is 56.9 Å². The summed E-state index contributed by atoms with van der Waals surface area (Å²) in [4.78, 5) is 21.4. The van der Waals surface area contributed by atoms with Crippen molar-refractivity contribution in [1.82, 2.24) is 39.9 Å². The van der Waals surface area contributed by atoms with Crippen molar-refractivity contribution in [2.75, 3.05) is 0 Å². The standard InChI is InChI=1S/C28H24N8O/c1-19-4-2-7-24(33-19)28-27(21-8-9-26-31-18-32-36(26)17-21)34-25(35-28)16-30-15-20-5-3-6-23(14-20)37-22-10-12-29-13-11-22/h2-14,17-18,30H,15-16H2,1H3,(H,34,35). The smallest absolute Gasteiger partial charge is 0.155 e. The largest absolute Gasteiger partial charge is 0.457 e. The van der Waals surface area contributed by atoms with Crippen molar-refractivity contribution >= 4 is 5.65 Å². The van der Waals surface area contributed by atoms with Gasteiger partial charge in [-0.25, -0.2) is 14.5 Å². The normalized spacial score (nSPS) is 11.2. The number of pyridine rings is 3. The number of aromatic nitrogens is 7. The number of H-pyrrole nitrogens is 1. The Bertz CT molecular complexity index is 1660. The van der Waals surface area contributed by atoms with Crippen LogP contribution in [-0.4, -0.2) is 34.5 Å². The Morgan fingerprint density at radius 3 is 2.70 bits per heavy atom. The average molecular weight is 489 g/mol. The number of aryl methyl sites for hydroxylation is 1. The van der Waals surface area contributed by atoms with Gasteiger partial charge in [0.2, 0.25) is 0 Å². The summed E-state index contributed by atoms with van der Waals surface area (Å²) in [5.41, 5.74) is 6.29. The number of benzene rings is 1. The van der Waals surface area contributed by atoms with E-state index in [-0.39, 0.29) is 0 Å². The van der Waals surface area contributed by atoms with Crippen molar-refractivity contribution in [2.45, 2.75) is 20.0 Å². The van der Waals surface area contributed by atoms with Gasteiger partial charge in [0.05, 0.1) is 23.6 Å². The van der Waals surface area contributed by atoms with Crippen molar-refractivity contribution < 1.29 is 4.74 Å². The number of ether oxygens (including phenoxy) is 1. The van der Waals surface area contributed by atoms with E-state index in [4.69, 9.17) is 14.7 Å². The maximum atomic E-state index is 5.93. The number of fused-ring (bicyclic) bond motifs is 1. The van der Waals surface area contributed by atoms with Crippen LogP contribution in [0.1, 0.15) is 17.1 Å². The van der Waals surface area contributed by atoms with Gasteiger partial charge in [0.1, 0.15) is 23.7 Å². The van der Waals surface area contributed by atoms with E-state index in [1.54, 1.807) is 23.2 Å². The van der Waals surface area contributed by atoms with E-state index >= 15 is 0 Å². The predicted octanol–water partition coefficient (Wildman–Crippen LogP) is 4.97. The van der Waals surface area contributed by atoms with Crippen LogP contribution in [0.4, 0.5) is 0 Å². The third-order valence-corrected chi connectivity index (χ3v) is 5.85. The minimum absolute atomic E-state index is 0.555. The van der Waals surface area contributed by atoms with E-state index in [1.165, 1.54) is 0 Å². The molecule has 0 spiro atoms. The first kappa shape index (κ1) is 22.6. The number of nitrogens with zero attached hydrogens (tertiary/aromatic N) is 6. The monoisotopic (exact) mass is 488 g/mol. The lowest BCUT2D eigenvalue weighted by atomic mass is 10.1. The number of imidazole rings is 1. The molecule has 0 aliphatic heterocycles. The molecule has 0 amide bonds. The molecule has 0 aliphatic rings. The number of hydrogen-bond acceptors (Lipinski definition) is 7. The quantitative estimate of drug-likeness (QED) is 0.312. The highest BCUT2D eigenvalue weighted by Gasteiger charge is 2.16. The number of nitrogens with one attached hydrogen (secondary N) is 2. The molecule has 5 heterocycles. The third-order valence-electron chi connectivity index (χ3n) is 5.85. The van der Waals surface area contributed by atoms with Crippen molar-refractivity contribution in [3.63, 3.8) is 0 Å². The van der Waals surface area contributed by atoms with Gasteiger partial charge in [-0.1, -0.05) is 18.2 Å². The fraction of sp³-hybridized carbons (Fsp3) is 0.107. The van der Waals surface area contributed by atoms with Gasteiger partial charge in [-0.3, -0.25) is 9.97 Å². The topological polar surface area (TPSA) is 106 Å². The molecule has 1 aromatic carbocycles. The maximum Gasteiger partial charge on any atom is 0.155 e. The molecule has 5 aromatic heterocycles. The molecule has 0 saturated heterocycles. The number of aromatic amines is 1. The first-order valence-corrected chi connectivity index (χ1v) is 11.9. The second-order valence-corrected chi connectivity index (χ2v) is 8.59. The van der Waals surface area contributed by atoms with Gasteiger partial charge in [-0.2, -0.15) is 5.10 Å². The van der Waals surface area contributed by atoms with Crippen molar-refractivity contribution in [2.24, 2.45) is 0 Å². The average Bonchev–Trinajstić information content (AvgIpc) is 3.56. The van der Waals surface area contributed by atoms with Crippen LogP contribution in [0.5, 0.6) is 11.5 Å². The van der Waals surface area contributed by atoms with Crippen molar-refractivity contribution in [3.8, 4) is 34.1 Å². The van der Waals surface area contributed by atoms with Crippen LogP contribution < -0.4 is 10.1 Å². The predicted molar refractivity (Wildman–Crippen MR) is 140 cm³/mol. The first-order chi connectivity index (χ1) is 18.2. The molecule has 6 aromatic rings. The first-order valence-electron chi connectivity index (χ1n) is 11.9. The number of hydrogen-bond donors (Lipinski definition) is 2. The van der Waals surface area contributed by atoms with E-state index in [9.17, 15) is 0 Å². The molecule has 0 atom stereocenters. The lowest BCUT2D eigenvalue weighted by molar-refractivity contribution is 0.480. The lowest BCUT2D eigenvalue weighted by Gasteiger charge is -2.08. The molecular formula is C28H24N8O. The summed E-state index contributed by atoms with van der Waals surface area (Å²) in [5.74, 6) is 2.35. The van der Waals surface area contributed by atoms with Crippen LogP contribution in [0.2, 0.25) is 0 Å². The zero-order valence-corrected chi connectivity index (χ0v) is 20.2. The summed E-state index contributed by atoms with van der Waals surface area (Å²) in [7, 11) is 0. The third kappa shape index (κ3) is 5.07. The van der Waals surface area contributed by atoms with Gasteiger partial charge < -0.3 is 15.0 Å². The Morgan fingerprint density at radius 2 is 1.81 bits per heavy atom. The molecule has 0 aliphatic carbocycles.